The van der Waals surface area contributed by atoms with E-state index in [-0.39, 0.29) is 23.7 Å². The van der Waals surface area contributed by atoms with Crippen molar-refractivity contribution in [3.8, 4) is 0 Å². The zero-order valence-electron chi connectivity index (χ0n) is 7.94. The number of hydrogen-bond donors (Lipinski definition) is 2. The average Bonchev–Trinajstić information content (AvgIpc) is 2.30. The van der Waals surface area contributed by atoms with Crippen LogP contribution in [0.25, 0.3) is 0 Å². The summed E-state index contributed by atoms with van der Waals surface area (Å²) in [5.41, 5.74) is 4.58. The number of alkyl halides is 3. The van der Waals surface area contributed by atoms with Gasteiger partial charge in [0.2, 0.25) is 0 Å². The Morgan fingerprint density at radius 2 is 2.00 bits per heavy atom. The largest absolute Gasteiger partial charge is 0.433 e. The molecule has 0 unspecified atom stereocenters. The molecule has 0 aliphatic carbocycles. The number of aromatic nitrogens is 2. The molecule has 1 heterocycles. The minimum atomic E-state index is -4.41. The van der Waals surface area contributed by atoms with E-state index < -0.39 is 11.9 Å². The second kappa shape index (κ2) is 3.51. The van der Waals surface area contributed by atoms with E-state index in [0.717, 1.165) is 0 Å². The third kappa shape index (κ3) is 2.18. The van der Waals surface area contributed by atoms with Gasteiger partial charge in [-0.2, -0.15) is 18.3 Å². The number of H-pyrrole nitrogens is 1. The SMILES string of the molecule is CC(C)Cc1c(N)n[nH]c1C(F)(F)F. The molecule has 14 heavy (non-hydrogen) atoms. The van der Waals surface area contributed by atoms with E-state index in [4.69, 9.17) is 5.73 Å². The van der Waals surface area contributed by atoms with E-state index in [9.17, 15) is 13.2 Å². The van der Waals surface area contributed by atoms with Gasteiger partial charge in [0.1, 0.15) is 11.5 Å². The van der Waals surface area contributed by atoms with E-state index in [2.05, 4.69) is 5.10 Å². The van der Waals surface area contributed by atoms with Crippen LogP contribution in [0.3, 0.4) is 0 Å². The molecule has 0 fully saturated rings. The summed E-state index contributed by atoms with van der Waals surface area (Å²) in [6.45, 7) is 3.65. The molecule has 0 atom stereocenters. The van der Waals surface area contributed by atoms with Crippen molar-refractivity contribution in [3.63, 3.8) is 0 Å². The number of nitrogens with zero attached hydrogens (tertiary/aromatic N) is 1. The van der Waals surface area contributed by atoms with Crippen molar-refractivity contribution in [1.82, 2.24) is 10.2 Å². The Balaban J connectivity index is 3.06. The highest BCUT2D eigenvalue weighted by Crippen LogP contribution is 2.33. The minimum absolute atomic E-state index is 0.0625. The van der Waals surface area contributed by atoms with Crippen LogP contribution in [-0.2, 0) is 12.6 Å². The molecular formula is C8H12F3N3. The van der Waals surface area contributed by atoms with Crippen LogP contribution in [0.15, 0.2) is 0 Å². The van der Waals surface area contributed by atoms with Crippen molar-refractivity contribution in [2.24, 2.45) is 5.92 Å². The van der Waals surface area contributed by atoms with Crippen LogP contribution < -0.4 is 5.73 Å². The van der Waals surface area contributed by atoms with Gasteiger partial charge in [0, 0.05) is 5.56 Å². The summed E-state index contributed by atoms with van der Waals surface area (Å²) in [5, 5.41) is 5.29. The predicted octanol–water partition coefficient (Wildman–Crippen LogP) is 2.21. The van der Waals surface area contributed by atoms with Gasteiger partial charge in [-0.3, -0.25) is 5.10 Å². The highest BCUT2D eigenvalue weighted by Gasteiger charge is 2.36. The highest BCUT2D eigenvalue weighted by molar-refractivity contribution is 5.43. The molecule has 3 nitrogen and oxygen atoms in total. The van der Waals surface area contributed by atoms with Crippen molar-refractivity contribution >= 4 is 5.82 Å². The Morgan fingerprint density at radius 3 is 2.43 bits per heavy atom. The molecule has 3 N–H and O–H groups in total. The Kier molecular flexibility index (Phi) is 2.73. The van der Waals surface area contributed by atoms with Crippen LogP contribution in [0.4, 0.5) is 19.0 Å². The van der Waals surface area contributed by atoms with Gasteiger partial charge in [-0.15, -0.1) is 0 Å². The average molecular weight is 207 g/mol. The lowest BCUT2D eigenvalue weighted by atomic mass is 10.0. The third-order valence-electron chi connectivity index (χ3n) is 1.79. The summed E-state index contributed by atoms with van der Waals surface area (Å²) in [7, 11) is 0. The van der Waals surface area contributed by atoms with Crippen LogP contribution in [0.2, 0.25) is 0 Å². The van der Waals surface area contributed by atoms with Crippen molar-refractivity contribution in [2.75, 3.05) is 5.73 Å². The number of nitrogens with two attached hydrogens (primary N) is 1. The summed E-state index contributed by atoms with van der Waals surface area (Å²) in [6.07, 6.45) is -4.13. The molecule has 0 saturated carbocycles. The van der Waals surface area contributed by atoms with Crippen molar-refractivity contribution in [2.45, 2.75) is 26.4 Å². The van der Waals surface area contributed by atoms with Crippen molar-refractivity contribution in [3.05, 3.63) is 11.3 Å². The quantitative estimate of drug-likeness (QED) is 0.781. The monoisotopic (exact) mass is 207 g/mol. The number of hydrogen-bond acceptors (Lipinski definition) is 2. The van der Waals surface area contributed by atoms with E-state index in [1.807, 2.05) is 18.9 Å². The lowest BCUT2D eigenvalue weighted by Gasteiger charge is -2.08. The molecular weight excluding hydrogens is 195 g/mol. The molecule has 0 aliphatic heterocycles. The predicted molar refractivity (Wildman–Crippen MR) is 46.5 cm³/mol. The highest BCUT2D eigenvalue weighted by atomic mass is 19.4. The lowest BCUT2D eigenvalue weighted by Crippen LogP contribution is -2.11. The fourth-order valence-corrected chi connectivity index (χ4v) is 1.23. The van der Waals surface area contributed by atoms with Gasteiger partial charge < -0.3 is 5.73 Å². The topological polar surface area (TPSA) is 54.7 Å². The molecule has 0 saturated heterocycles. The van der Waals surface area contributed by atoms with Gasteiger partial charge in [-0.1, -0.05) is 13.8 Å². The van der Waals surface area contributed by atoms with Gasteiger partial charge in [0.15, 0.2) is 0 Å². The van der Waals surface area contributed by atoms with Gasteiger partial charge in [0.25, 0.3) is 0 Å². The maximum absolute atomic E-state index is 12.4. The summed E-state index contributed by atoms with van der Waals surface area (Å²) < 4.78 is 37.2. The van der Waals surface area contributed by atoms with E-state index in [1.165, 1.54) is 0 Å². The Hall–Kier alpha value is -1.20. The standard InChI is InChI=1S/C8H12F3N3/c1-4(2)3-5-6(8(9,10)11)13-14-7(5)12/h4H,3H2,1-2H3,(H3,12,13,14). The molecule has 0 aliphatic rings. The van der Waals surface area contributed by atoms with Crippen LogP contribution >= 0.6 is 0 Å². The molecule has 80 valence electrons. The van der Waals surface area contributed by atoms with Gasteiger partial charge in [-0.25, -0.2) is 0 Å². The number of nitrogens with one attached hydrogen (secondary N) is 1. The van der Waals surface area contributed by atoms with Crippen LogP contribution in [0.1, 0.15) is 25.1 Å². The molecule has 6 heteroatoms. The smallest absolute Gasteiger partial charge is 0.382 e. The summed E-state index contributed by atoms with van der Waals surface area (Å²) in [6, 6.07) is 0. The maximum atomic E-state index is 12.4. The van der Waals surface area contributed by atoms with Crippen LogP contribution in [-0.4, -0.2) is 10.2 Å². The normalized spacial score (nSPS) is 12.4. The molecule has 1 aromatic rings. The Bertz CT molecular complexity index is 314. The van der Waals surface area contributed by atoms with Crippen LogP contribution in [0, 0.1) is 5.92 Å². The van der Waals surface area contributed by atoms with Crippen molar-refractivity contribution < 1.29 is 13.2 Å². The first-order chi connectivity index (χ1) is 6.32. The Morgan fingerprint density at radius 1 is 1.43 bits per heavy atom. The van der Waals surface area contributed by atoms with Gasteiger partial charge in [-0.05, 0) is 12.3 Å². The summed E-state index contributed by atoms with van der Waals surface area (Å²) in [4.78, 5) is 0. The fourth-order valence-electron chi connectivity index (χ4n) is 1.23. The number of halogens is 3. The maximum Gasteiger partial charge on any atom is 0.433 e. The van der Waals surface area contributed by atoms with Crippen molar-refractivity contribution in [1.29, 1.82) is 0 Å². The molecule has 0 amide bonds. The molecule has 0 aromatic carbocycles. The zero-order chi connectivity index (χ0) is 10.9. The number of nitrogen functional groups attached to an aromatic ring is 1. The van der Waals surface area contributed by atoms with E-state index >= 15 is 0 Å². The van der Waals surface area contributed by atoms with E-state index in [1.54, 1.807) is 0 Å². The second-order valence-electron chi connectivity index (χ2n) is 3.56. The Labute approximate surface area is 79.5 Å². The fraction of sp³-hybridized carbons (Fsp3) is 0.625. The lowest BCUT2D eigenvalue weighted by molar-refractivity contribution is -0.141. The van der Waals surface area contributed by atoms with E-state index in [0.29, 0.717) is 0 Å². The van der Waals surface area contributed by atoms with Crippen LogP contribution in [0.5, 0.6) is 0 Å². The first kappa shape index (κ1) is 10.9. The molecule has 0 spiro atoms. The number of rotatable bonds is 2. The number of anilines is 1. The first-order valence-electron chi connectivity index (χ1n) is 4.22. The third-order valence-corrected chi connectivity index (χ3v) is 1.79. The van der Waals surface area contributed by atoms with Gasteiger partial charge in [0.05, 0.1) is 0 Å². The minimum Gasteiger partial charge on any atom is -0.382 e. The summed E-state index contributed by atoms with van der Waals surface area (Å²) in [5.74, 6) is 0.0435. The zero-order valence-corrected chi connectivity index (χ0v) is 7.94. The molecule has 1 aromatic heterocycles. The molecule has 1 rings (SSSR count). The molecule has 0 bridgehead atoms. The number of aromatic amines is 1. The second-order valence-corrected chi connectivity index (χ2v) is 3.56. The molecule has 0 radical (unpaired) electrons. The summed E-state index contributed by atoms with van der Waals surface area (Å²) >= 11 is 0. The van der Waals surface area contributed by atoms with Gasteiger partial charge >= 0.3 is 6.18 Å². The first-order valence-corrected chi connectivity index (χ1v) is 4.22.